The maximum atomic E-state index is 11.8. The lowest BCUT2D eigenvalue weighted by atomic mass is 10.0. The predicted molar refractivity (Wildman–Crippen MR) is 69.8 cm³/mol. The molecule has 0 aliphatic carbocycles. The molecule has 1 amide bonds. The molecule has 0 aromatic carbocycles. The first kappa shape index (κ1) is 14.1. The average Bonchev–Trinajstić information content (AvgIpc) is 2.26. The molecule has 2 N–H and O–H groups in total. The summed E-state index contributed by atoms with van der Waals surface area (Å²) < 4.78 is 0.616. The Balaban J connectivity index is 2.56. The smallest absolute Gasteiger partial charge is 0.251 e. The van der Waals surface area contributed by atoms with Crippen molar-refractivity contribution in [2.24, 2.45) is 0 Å². The molecule has 0 bridgehead atoms. The number of aromatic nitrogens is 1. The minimum absolute atomic E-state index is 0.204. The summed E-state index contributed by atoms with van der Waals surface area (Å²) >= 11 is 3.21. The first-order chi connectivity index (χ1) is 7.94. The van der Waals surface area contributed by atoms with Crippen molar-refractivity contribution < 1.29 is 9.90 Å². The molecule has 1 rings (SSSR count). The fraction of sp³-hybridized carbons (Fsp3) is 0.500. The molecule has 5 heteroatoms. The van der Waals surface area contributed by atoms with E-state index in [-0.39, 0.29) is 12.5 Å². The third kappa shape index (κ3) is 4.83. The minimum atomic E-state index is -0.853. The van der Waals surface area contributed by atoms with E-state index in [9.17, 15) is 9.90 Å². The normalized spacial score (nSPS) is 14.1. The number of nitrogens with zero attached hydrogens (tertiary/aromatic N) is 1. The van der Waals surface area contributed by atoms with Gasteiger partial charge in [-0.25, -0.2) is 4.98 Å². The van der Waals surface area contributed by atoms with E-state index in [0.717, 1.165) is 6.42 Å². The van der Waals surface area contributed by atoms with Crippen LogP contribution in [-0.2, 0) is 0 Å². The van der Waals surface area contributed by atoms with E-state index >= 15 is 0 Å². The number of nitrogens with one attached hydrogen (secondary N) is 1. The van der Waals surface area contributed by atoms with Gasteiger partial charge in [0.25, 0.3) is 5.91 Å². The molecule has 0 aliphatic rings. The monoisotopic (exact) mass is 300 g/mol. The van der Waals surface area contributed by atoms with Crippen LogP contribution in [0.3, 0.4) is 0 Å². The van der Waals surface area contributed by atoms with Crippen molar-refractivity contribution in [1.82, 2.24) is 10.3 Å². The summed E-state index contributed by atoms with van der Waals surface area (Å²) in [7, 11) is 0. The molecule has 0 radical (unpaired) electrons. The molecule has 0 saturated heterocycles. The zero-order valence-corrected chi connectivity index (χ0v) is 11.6. The van der Waals surface area contributed by atoms with Crippen LogP contribution in [-0.4, -0.2) is 28.1 Å². The van der Waals surface area contributed by atoms with Crippen molar-refractivity contribution in [2.75, 3.05) is 6.54 Å². The number of amides is 1. The highest BCUT2D eigenvalue weighted by molar-refractivity contribution is 9.10. The fourth-order valence-corrected chi connectivity index (χ4v) is 1.91. The van der Waals surface area contributed by atoms with Crippen LogP contribution in [0.15, 0.2) is 22.9 Å². The first-order valence-electron chi connectivity index (χ1n) is 5.57. The van der Waals surface area contributed by atoms with E-state index in [0.29, 0.717) is 16.6 Å². The van der Waals surface area contributed by atoms with Gasteiger partial charge in [0.1, 0.15) is 4.60 Å². The van der Waals surface area contributed by atoms with Crippen molar-refractivity contribution in [3.63, 3.8) is 0 Å². The van der Waals surface area contributed by atoms with E-state index in [1.807, 2.05) is 6.92 Å². The summed E-state index contributed by atoms with van der Waals surface area (Å²) in [4.78, 5) is 15.7. The standard InChI is InChI=1S/C12H17BrN2O2/c1-3-5-12(2,17)8-15-11(16)9-4-6-14-10(13)7-9/h4,6-7,17H,3,5,8H2,1-2H3,(H,15,16). The second kappa shape index (κ2) is 6.12. The van der Waals surface area contributed by atoms with Gasteiger partial charge in [-0.3, -0.25) is 4.79 Å². The summed E-state index contributed by atoms with van der Waals surface area (Å²) in [6.45, 7) is 3.97. The van der Waals surface area contributed by atoms with E-state index in [2.05, 4.69) is 26.2 Å². The van der Waals surface area contributed by atoms with Crippen LogP contribution in [0.2, 0.25) is 0 Å². The molecular weight excluding hydrogens is 284 g/mol. The molecule has 1 aromatic rings. The van der Waals surface area contributed by atoms with E-state index in [1.165, 1.54) is 0 Å². The number of hydrogen-bond acceptors (Lipinski definition) is 3. The summed E-state index contributed by atoms with van der Waals surface area (Å²) in [6.07, 6.45) is 3.10. The quantitative estimate of drug-likeness (QED) is 0.819. The largest absolute Gasteiger partial charge is 0.388 e. The molecule has 4 nitrogen and oxygen atoms in total. The molecule has 94 valence electrons. The zero-order chi connectivity index (χ0) is 12.9. The SMILES string of the molecule is CCCC(C)(O)CNC(=O)c1ccnc(Br)c1. The molecule has 17 heavy (non-hydrogen) atoms. The highest BCUT2D eigenvalue weighted by Gasteiger charge is 2.20. The predicted octanol–water partition coefficient (Wildman–Crippen LogP) is 2.12. The Morgan fingerprint density at radius 1 is 1.65 bits per heavy atom. The van der Waals surface area contributed by atoms with Crippen LogP contribution in [0, 0.1) is 0 Å². The van der Waals surface area contributed by atoms with Gasteiger partial charge in [0, 0.05) is 18.3 Å². The number of rotatable bonds is 5. The lowest BCUT2D eigenvalue weighted by molar-refractivity contribution is 0.0469. The Morgan fingerprint density at radius 2 is 2.35 bits per heavy atom. The summed E-state index contributed by atoms with van der Waals surface area (Å²) in [5, 5.41) is 12.6. The first-order valence-corrected chi connectivity index (χ1v) is 6.36. The number of carbonyl (C=O) groups is 1. The fourth-order valence-electron chi connectivity index (χ4n) is 1.54. The molecule has 1 heterocycles. The molecule has 0 spiro atoms. The van der Waals surface area contributed by atoms with Gasteiger partial charge in [-0.1, -0.05) is 13.3 Å². The van der Waals surface area contributed by atoms with E-state index in [4.69, 9.17) is 0 Å². The highest BCUT2D eigenvalue weighted by Crippen LogP contribution is 2.11. The molecule has 1 aromatic heterocycles. The number of halogens is 1. The zero-order valence-electron chi connectivity index (χ0n) is 10.0. The van der Waals surface area contributed by atoms with Gasteiger partial charge in [-0.05, 0) is 41.4 Å². The lowest BCUT2D eigenvalue weighted by Crippen LogP contribution is -2.40. The maximum absolute atomic E-state index is 11.8. The second-order valence-corrected chi connectivity index (χ2v) is 5.11. The summed E-state index contributed by atoms with van der Waals surface area (Å²) in [5.41, 5.74) is -0.325. The molecule has 1 atom stereocenters. The maximum Gasteiger partial charge on any atom is 0.251 e. The van der Waals surface area contributed by atoms with Gasteiger partial charge in [0.05, 0.1) is 5.60 Å². The molecular formula is C12H17BrN2O2. The number of aliphatic hydroxyl groups is 1. The number of hydrogen-bond donors (Lipinski definition) is 2. The van der Waals surface area contributed by atoms with Gasteiger partial charge in [0.2, 0.25) is 0 Å². The average molecular weight is 301 g/mol. The molecule has 1 unspecified atom stereocenters. The van der Waals surface area contributed by atoms with Crippen molar-refractivity contribution >= 4 is 21.8 Å². The van der Waals surface area contributed by atoms with E-state index < -0.39 is 5.60 Å². The summed E-state index contributed by atoms with van der Waals surface area (Å²) in [5.74, 6) is -0.204. The van der Waals surface area contributed by atoms with Crippen molar-refractivity contribution in [1.29, 1.82) is 0 Å². The van der Waals surface area contributed by atoms with E-state index in [1.54, 1.807) is 25.3 Å². The Morgan fingerprint density at radius 3 is 2.94 bits per heavy atom. The molecule has 0 fully saturated rings. The van der Waals surface area contributed by atoms with Gasteiger partial charge in [-0.15, -0.1) is 0 Å². The highest BCUT2D eigenvalue weighted by atomic mass is 79.9. The van der Waals surface area contributed by atoms with Crippen LogP contribution in [0.5, 0.6) is 0 Å². The van der Waals surface area contributed by atoms with Gasteiger partial charge >= 0.3 is 0 Å². The Kier molecular flexibility index (Phi) is 5.08. The van der Waals surface area contributed by atoms with Crippen LogP contribution in [0.25, 0.3) is 0 Å². The van der Waals surface area contributed by atoms with Crippen LogP contribution in [0.1, 0.15) is 37.0 Å². The van der Waals surface area contributed by atoms with Gasteiger partial charge < -0.3 is 10.4 Å². The van der Waals surface area contributed by atoms with Crippen molar-refractivity contribution in [3.8, 4) is 0 Å². The summed E-state index contributed by atoms with van der Waals surface area (Å²) in [6, 6.07) is 3.28. The number of carbonyl (C=O) groups excluding carboxylic acids is 1. The Hall–Kier alpha value is -0.940. The molecule has 0 aliphatic heterocycles. The topological polar surface area (TPSA) is 62.2 Å². The van der Waals surface area contributed by atoms with Crippen molar-refractivity contribution in [3.05, 3.63) is 28.5 Å². The molecule has 0 saturated carbocycles. The minimum Gasteiger partial charge on any atom is -0.388 e. The number of pyridine rings is 1. The third-order valence-electron chi connectivity index (χ3n) is 2.41. The third-order valence-corrected chi connectivity index (χ3v) is 2.84. The van der Waals surface area contributed by atoms with Crippen molar-refractivity contribution in [2.45, 2.75) is 32.3 Å². The van der Waals surface area contributed by atoms with Gasteiger partial charge in [-0.2, -0.15) is 0 Å². The van der Waals surface area contributed by atoms with Crippen LogP contribution >= 0.6 is 15.9 Å². The Bertz CT molecular complexity index is 394. The van der Waals surface area contributed by atoms with Crippen LogP contribution < -0.4 is 5.32 Å². The lowest BCUT2D eigenvalue weighted by Gasteiger charge is -2.22. The van der Waals surface area contributed by atoms with Gasteiger partial charge in [0.15, 0.2) is 0 Å². The second-order valence-electron chi connectivity index (χ2n) is 4.30. The Labute approximate surface area is 110 Å². The van der Waals surface area contributed by atoms with Crippen LogP contribution in [0.4, 0.5) is 0 Å².